The minimum atomic E-state index is -1.70. The van der Waals surface area contributed by atoms with Crippen molar-refractivity contribution in [3.8, 4) is 0 Å². The number of imidazole rings is 2. The van der Waals surface area contributed by atoms with E-state index in [0.717, 1.165) is 0 Å². The third-order valence-electron chi connectivity index (χ3n) is 3.57. The lowest BCUT2D eigenvalue weighted by Gasteiger charge is -2.26. The zero-order chi connectivity index (χ0) is 16.3. The number of benzene rings is 1. The fourth-order valence-corrected chi connectivity index (χ4v) is 2.74. The number of hydrogen-bond donors (Lipinski definition) is 0. The fraction of sp³-hybridized carbons (Fsp3) is 0.250. The Morgan fingerprint density at radius 2 is 1.65 bits per heavy atom. The molecule has 0 fully saturated rings. The maximum absolute atomic E-state index is 15.6. The van der Waals surface area contributed by atoms with E-state index in [4.69, 9.17) is 11.6 Å². The summed E-state index contributed by atoms with van der Waals surface area (Å²) in [6, 6.07) is 4.29. The SMILES string of the molecule is Fc1cc(Cl)ccc1CC(F)(Cn1ccnc1)Cn1ccnc1. The first-order valence-corrected chi connectivity index (χ1v) is 7.46. The zero-order valence-corrected chi connectivity index (χ0v) is 13.0. The molecule has 2 aromatic heterocycles. The van der Waals surface area contributed by atoms with Gasteiger partial charge in [0, 0.05) is 36.2 Å². The van der Waals surface area contributed by atoms with Crippen LogP contribution < -0.4 is 0 Å². The van der Waals surface area contributed by atoms with Gasteiger partial charge < -0.3 is 9.13 Å². The third-order valence-corrected chi connectivity index (χ3v) is 3.81. The number of rotatable bonds is 6. The summed E-state index contributed by atoms with van der Waals surface area (Å²) in [6.45, 7) is 0.125. The molecule has 2 heterocycles. The van der Waals surface area contributed by atoms with E-state index in [-0.39, 0.29) is 25.1 Å². The van der Waals surface area contributed by atoms with Crippen molar-refractivity contribution in [3.05, 3.63) is 72.0 Å². The molecule has 0 aliphatic carbocycles. The van der Waals surface area contributed by atoms with Crippen LogP contribution in [-0.4, -0.2) is 24.8 Å². The van der Waals surface area contributed by atoms with Gasteiger partial charge in [0.2, 0.25) is 0 Å². The summed E-state index contributed by atoms with van der Waals surface area (Å²) in [4.78, 5) is 7.85. The van der Waals surface area contributed by atoms with Crippen LogP contribution >= 0.6 is 11.6 Å². The quantitative estimate of drug-likeness (QED) is 0.690. The Hall–Kier alpha value is -2.21. The van der Waals surface area contributed by atoms with Gasteiger partial charge in [0.1, 0.15) is 5.82 Å². The van der Waals surface area contributed by atoms with Crippen LogP contribution in [0.3, 0.4) is 0 Å². The van der Waals surface area contributed by atoms with Crippen molar-refractivity contribution < 1.29 is 8.78 Å². The zero-order valence-electron chi connectivity index (χ0n) is 12.2. The van der Waals surface area contributed by atoms with Crippen molar-refractivity contribution in [1.29, 1.82) is 0 Å². The van der Waals surface area contributed by atoms with Crippen LogP contribution in [0, 0.1) is 5.82 Å². The maximum atomic E-state index is 15.6. The fourth-order valence-electron chi connectivity index (χ4n) is 2.58. The molecule has 7 heteroatoms. The van der Waals surface area contributed by atoms with E-state index < -0.39 is 11.5 Å². The molecule has 3 aromatic rings. The van der Waals surface area contributed by atoms with Gasteiger partial charge in [-0.05, 0) is 17.7 Å². The van der Waals surface area contributed by atoms with Crippen molar-refractivity contribution in [1.82, 2.24) is 19.1 Å². The molecule has 0 saturated carbocycles. The monoisotopic (exact) mass is 336 g/mol. The molecule has 0 saturated heterocycles. The Labute approximate surface area is 137 Å². The molecule has 1 aromatic carbocycles. The number of aromatic nitrogens is 4. The Kier molecular flexibility index (Phi) is 4.43. The Bertz CT molecular complexity index is 720. The first kappa shape index (κ1) is 15.7. The van der Waals surface area contributed by atoms with Gasteiger partial charge in [0.15, 0.2) is 5.67 Å². The maximum Gasteiger partial charge on any atom is 0.150 e. The largest absolute Gasteiger partial charge is 0.334 e. The Morgan fingerprint density at radius 1 is 1.04 bits per heavy atom. The highest BCUT2D eigenvalue weighted by atomic mass is 35.5. The molecule has 3 rings (SSSR count). The Balaban J connectivity index is 1.87. The lowest BCUT2D eigenvalue weighted by Crippen LogP contribution is -2.36. The van der Waals surface area contributed by atoms with Crippen LogP contribution in [0.15, 0.2) is 55.6 Å². The van der Waals surface area contributed by atoms with E-state index in [1.807, 2.05) is 0 Å². The number of nitrogens with zero attached hydrogens (tertiary/aromatic N) is 4. The van der Waals surface area contributed by atoms with E-state index in [9.17, 15) is 4.39 Å². The van der Waals surface area contributed by atoms with E-state index >= 15 is 4.39 Å². The highest BCUT2D eigenvalue weighted by molar-refractivity contribution is 6.30. The van der Waals surface area contributed by atoms with E-state index in [1.165, 1.54) is 12.1 Å². The van der Waals surface area contributed by atoms with Gasteiger partial charge in [-0.3, -0.25) is 0 Å². The lowest BCUT2D eigenvalue weighted by atomic mass is 9.95. The molecule has 0 spiro atoms. The second-order valence-electron chi connectivity index (χ2n) is 5.53. The molecule has 0 aliphatic rings. The smallest absolute Gasteiger partial charge is 0.150 e. The number of alkyl halides is 1. The van der Waals surface area contributed by atoms with E-state index in [1.54, 1.807) is 52.6 Å². The molecular weight excluding hydrogens is 322 g/mol. The molecule has 0 radical (unpaired) electrons. The molecule has 0 aliphatic heterocycles. The average Bonchev–Trinajstić information content (AvgIpc) is 3.16. The molecule has 0 bridgehead atoms. The van der Waals surface area contributed by atoms with Crippen molar-refractivity contribution in [2.75, 3.05) is 0 Å². The normalized spacial score (nSPS) is 11.8. The minimum Gasteiger partial charge on any atom is -0.334 e. The molecule has 23 heavy (non-hydrogen) atoms. The summed E-state index contributed by atoms with van der Waals surface area (Å²) in [6.07, 6.45) is 9.54. The predicted octanol–water partition coefficient (Wildman–Crippen LogP) is 3.52. The van der Waals surface area contributed by atoms with Crippen LogP contribution in [0.4, 0.5) is 8.78 Å². The molecule has 0 unspecified atom stereocenters. The van der Waals surface area contributed by atoms with Crippen molar-refractivity contribution in [2.24, 2.45) is 0 Å². The van der Waals surface area contributed by atoms with Crippen molar-refractivity contribution in [2.45, 2.75) is 25.2 Å². The van der Waals surface area contributed by atoms with Crippen LogP contribution in [0.1, 0.15) is 5.56 Å². The van der Waals surface area contributed by atoms with Crippen molar-refractivity contribution in [3.63, 3.8) is 0 Å². The van der Waals surface area contributed by atoms with Gasteiger partial charge in [-0.1, -0.05) is 17.7 Å². The summed E-state index contributed by atoms with van der Waals surface area (Å²) in [7, 11) is 0. The second-order valence-corrected chi connectivity index (χ2v) is 5.97. The van der Waals surface area contributed by atoms with Gasteiger partial charge in [-0.2, -0.15) is 0 Å². The van der Waals surface area contributed by atoms with Gasteiger partial charge in [-0.25, -0.2) is 18.7 Å². The standard InChI is InChI=1S/C16H15ClF2N4/c17-14-2-1-13(15(18)7-14)8-16(19,9-22-5-3-20-11-22)10-23-6-4-21-12-23/h1-7,11-12H,8-10H2. The molecule has 4 nitrogen and oxygen atoms in total. The van der Waals surface area contributed by atoms with E-state index in [2.05, 4.69) is 9.97 Å². The van der Waals surface area contributed by atoms with Crippen LogP contribution in [0.25, 0.3) is 0 Å². The summed E-state index contributed by atoms with van der Waals surface area (Å²) in [5, 5.41) is 0.292. The van der Waals surface area contributed by atoms with Crippen LogP contribution in [0.2, 0.25) is 5.02 Å². The molecule has 0 amide bonds. The second kappa shape index (κ2) is 6.50. The summed E-state index contributed by atoms with van der Waals surface area (Å²) < 4.78 is 32.9. The highest BCUT2D eigenvalue weighted by Gasteiger charge is 2.32. The van der Waals surface area contributed by atoms with Gasteiger partial charge >= 0.3 is 0 Å². The summed E-state index contributed by atoms with van der Waals surface area (Å²) in [5.41, 5.74) is -1.41. The average molecular weight is 337 g/mol. The van der Waals surface area contributed by atoms with Gasteiger partial charge in [0.05, 0.1) is 25.7 Å². The summed E-state index contributed by atoms with van der Waals surface area (Å²) >= 11 is 5.76. The van der Waals surface area contributed by atoms with Crippen LogP contribution in [-0.2, 0) is 19.5 Å². The first-order valence-electron chi connectivity index (χ1n) is 7.08. The molecule has 0 N–H and O–H groups in total. The topological polar surface area (TPSA) is 35.6 Å². The third kappa shape index (κ3) is 3.96. The number of halogens is 3. The van der Waals surface area contributed by atoms with Gasteiger partial charge in [-0.15, -0.1) is 0 Å². The predicted molar refractivity (Wildman–Crippen MR) is 83.4 cm³/mol. The molecular formula is C16H15ClF2N4. The van der Waals surface area contributed by atoms with Crippen LogP contribution in [0.5, 0.6) is 0 Å². The lowest BCUT2D eigenvalue weighted by molar-refractivity contribution is 0.110. The van der Waals surface area contributed by atoms with Gasteiger partial charge in [0.25, 0.3) is 0 Å². The van der Waals surface area contributed by atoms with E-state index in [0.29, 0.717) is 5.02 Å². The Morgan fingerprint density at radius 3 is 2.13 bits per heavy atom. The highest BCUT2D eigenvalue weighted by Crippen LogP contribution is 2.26. The molecule has 0 atom stereocenters. The number of hydrogen-bond acceptors (Lipinski definition) is 2. The summed E-state index contributed by atoms with van der Waals surface area (Å²) in [5.74, 6) is -0.504. The first-order chi connectivity index (χ1) is 11.0. The molecule has 120 valence electrons. The van der Waals surface area contributed by atoms with Crippen molar-refractivity contribution >= 4 is 11.6 Å². The minimum absolute atomic E-state index is 0.0627.